The Hall–Kier alpha value is 0. The lowest BCUT2D eigenvalue weighted by Crippen LogP contribution is -2.50. The molecule has 7 atom stereocenters. The first kappa shape index (κ1) is 43.6. The highest BCUT2D eigenvalue weighted by Gasteiger charge is 2.56. The van der Waals surface area contributed by atoms with Crippen LogP contribution in [0.3, 0.4) is 0 Å². The quantitative estimate of drug-likeness (QED) is 0.267. The molecule has 0 nitrogen and oxygen atoms in total. The third-order valence-electron chi connectivity index (χ3n) is 22.3. The zero-order chi connectivity index (χ0) is 37.8. The van der Waals surface area contributed by atoms with E-state index < -0.39 is 0 Å². The van der Waals surface area contributed by atoms with E-state index in [-0.39, 0.29) is 14.9 Å². The van der Waals surface area contributed by atoms with E-state index in [9.17, 15) is 0 Å². The smallest absolute Gasteiger partial charge is 0.0290 e. The first-order valence-electron chi connectivity index (χ1n) is 26.3. The maximum absolute atomic E-state index is 2.56. The molecule has 0 heteroatoms. The van der Waals surface area contributed by atoms with Gasteiger partial charge in [0.05, 0.1) is 0 Å². The van der Waals surface area contributed by atoms with Gasteiger partial charge >= 0.3 is 0 Å². The molecule has 7 unspecified atom stereocenters. The molecule has 57 heavy (non-hydrogen) atoms. The van der Waals surface area contributed by atoms with Crippen LogP contribution in [0, 0.1) is 110 Å². The monoisotopic (exact) mass is 785 g/mol. The second-order valence-electron chi connectivity index (χ2n) is 27.2. The fourth-order valence-corrected chi connectivity index (χ4v) is 21.7. The molecule has 0 saturated heterocycles. The van der Waals surface area contributed by atoms with Crippen molar-refractivity contribution in [2.45, 2.75) is 249 Å². The highest BCUT2D eigenvalue weighted by Crippen LogP contribution is 2.67. The second kappa shape index (κ2) is 16.3. The van der Waals surface area contributed by atoms with Crippen molar-refractivity contribution in [2.24, 2.45) is 110 Å². The minimum Gasteiger partial charge on any atom is -0.0776 e. The molecular weight excluding hydrogens is 685 g/mol. The van der Waals surface area contributed by atoms with Gasteiger partial charge in [-0.2, -0.15) is 0 Å². The highest BCUT2D eigenvalue weighted by molar-refractivity contribution is 5.07. The Balaban J connectivity index is 0.0000000994. The Labute approximate surface area is 357 Å². The standard InChI is InChI=1S/C13H22.C12H20.C11H18.C10H16.C9H16.2CH4/c1-3-13-7-10-4-11(8-13)6-12(2,5-10)9-13;1-2-12-6-9-3-10(7-12)5-11(4-9)8-12;1-11-5-8-2-9(6-11)4-10(3-8)7-11;1-10-5-7-2-8(6-10)4-9(10)3-7;1-2-8-5-7-3-4-9(8)6-7;;/h10-11H,3-9H2,1-2H3;9-11H,2-8H2,1H3;8-10H,2-7H2,1H3;7-9H,2-6H2,1H3;7-9H,2-6H2,1H3;2*1H4. The van der Waals surface area contributed by atoms with E-state index in [1.54, 1.807) is 173 Å². The lowest BCUT2D eigenvalue weighted by molar-refractivity contribution is -0.103. The average molecular weight is 785 g/mol. The van der Waals surface area contributed by atoms with Gasteiger partial charge in [0, 0.05) is 0 Å². The Morgan fingerprint density at radius 1 is 0.368 bits per heavy atom. The first-order valence-corrected chi connectivity index (χ1v) is 26.3. The number of hydrogen-bond acceptors (Lipinski definition) is 0. The molecule has 0 aromatic rings. The average Bonchev–Trinajstić information content (AvgIpc) is 3.84. The van der Waals surface area contributed by atoms with Crippen LogP contribution in [0.25, 0.3) is 0 Å². The van der Waals surface area contributed by atoms with E-state index in [0.717, 1.165) is 110 Å². The van der Waals surface area contributed by atoms with Crippen molar-refractivity contribution in [3.8, 4) is 0 Å². The van der Waals surface area contributed by atoms with Crippen molar-refractivity contribution in [2.75, 3.05) is 0 Å². The molecule has 0 aromatic carbocycles. The van der Waals surface area contributed by atoms with E-state index >= 15 is 0 Å². The summed E-state index contributed by atoms with van der Waals surface area (Å²) >= 11 is 0. The van der Waals surface area contributed by atoms with Gasteiger partial charge in [-0.15, -0.1) is 0 Å². The molecule has 0 amide bonds. The van der Waals surface area contributed by atoms with Crippen molar-refractivity contribution in [3.05, 3.63) is 0 Å². The molecule has 0 aromatic heterocycles. The summed E-state index contributed by atoms with van der Waals surface area (Å²) in [7, 11) is 0. The van der Waals surface area contributed by atoms with Crippen molar-refractivity contribution in [1.82, 2.24) is 0 Å². The minimum absolute atomic E-state index is 0. The van der Waals surface area contributed by atoms with Crippen LogP contribution in [0.2, 0.25) is 0 Å². The maximum Gasteiger partial charge on any atom is -0.0290 e. The van der Waals surface area contributed by atoms with Crippen LogP contribution in [0.4, 0.5) is 0 Å². The summed E-state index contributed by atoms with van der Waals surface area (Å²) in [6, 6.07) is 0. The molecule has 18 saturated carbocycles. The van der Waals surface area contributed by atoms with Gasteiger partial charge in [0.2, 0.25) is 0 Å². The molecule has 18 bridgehead atoms. The summed E-state index contributed by atoms with van der Waals surface area (Å²) in [5, 5.41) is 0. The molecule has 18 aliphatic rings. The summed E-state index contributed by atoms with van der Waals surface area (Å²) in [6.45, 7) is 14.8. The predicted octanol–water partition coefficient (Wildman–Crippen LogP) is 17.8. The molecule has 0 aliphatic heterocycles. The van der Waals surface area contributed by atoms with Crippen molar-refractivity contribution < 1.29 is 0 Å². The van der Waals surface area contributed by atoms with Crippen LogP contribution in [0.1, 0.15) is 249 Å². The number of hydrogen-bond donors (Lipinski definition) is 0. The summed E-state index contributed by atoms with van der Waals surface area (Å²) in [5.41, 5.74) is 4.04. The van der Waals surface area contributed by atoms with E-state index in [2.05, 4.69) is 41.5 Å². The van der Waals surface area contributed by atoms with Gasteiger partial charge in [-0.05, 0) is 277 Å². The van der Waals surface area contributed by atoms with Gasteiger partial charge in [-0.25, -0.2) is 0 Å². The molecule has 18 rings (SSSR count). The lowest BCUT2D eigenvalue weighted by atomic mass is 9.44. The largest absolute Gasteiger partial charge is 0.0776 e. The van der Waals surface area contributed by atoms with Gasteiger partial charge in [-0.3, -0.25) is 0 Å². The first-order chi connectivity index (χ1) is 26.3. The normalized spacial score (nSPS) is 55.7. The number of fused-ring (bicyclic) bond motifs is 2. The highest BCUT2D eigenvalue weighted by atomic mass is 14.6. The van der Waals surface area contributed by atoms with Crippen LogP contribution in [-0.2, 0) is 0 Å². The third kappa shape index (κ3) is 8.70. The molecule has 328 valence electrons. The third-order valence-corrected chi connectivity index (χ3v) is 22.3. The van der Waals surface area contributed by atoms with Crippen molar-refractivity contribution in [3.63, 3.8) is 0 Å². The number of rotatable bonds is 3. The molecule has 0 spiro atoms. The van der Waals surface area contributed by atoms with Crippen LogP contribution in [-0.4, -0.2) is 0 Å². The Kier molecular flexibility index (Phi) is 12.5. The van der Waals surface area contributed by atoms with Crippen LogP contribution in [0.15, 0.2) is 0 Å². The van der Waals surface area contributed by atoms with Gasteiger partial charge in [0.15, 0.2) is 0 Å². The minimum atomic E-state index is 0. The Morgan fingerprint density at radius 2 is 0.772 bits per heavy atom. The van der Waals surface area contributed by atoms with Crippen LogP contribution < -0.4 is 0 Å². The van der Waals surface area contributed by atoms with E-state index in [1.807, 2.05) is 0 Å². The van der Waals surface area contributed by atoms with Gasteiger partial charge in [-0.1, -0.05) is 82.1 Å². The lowest BCUT2D eigenvalue weighted by Gasteiger charge is -2.61. The maximum atomic E-state index is 2.56. The molecule has 0 heterocycles. The molecule has 0 N–H and O–H groups in total. The van der Waals surface area contributed by atoms with Gasteiger partial charge in [0.1, 0.15) is 0 Å². The Morgan fingerprint density at radius 3 is 1.09 bits per heavy atom. The summed E-state index contributed by atoms with van der Waals surface area (Å²) in [6.07, 6.45) is 47.0. The van der Waals surface area contributed by atoms with E-state index in [0.29, 0.717) is 0 Å². The van der Waals surface area contributed by atoms with E-state index in [1.165, 1.54) is 19.3 Å². The zero-order valence-corrected chi connectivity index (χ0v) is 37.8. The molecular formula is C57H100. The molecule has 18 aliphatic carbocycles. The van der Waals surface area contributed by atoms with Crippen LogP contribution >= 0.6 is 0 Å². The fraction of sp³-hybridized carbons (Fsp3) is 1.00. The fourth-order valence-electron chi connectivity index (χ4n) is 21.7. The van der Waals surface area contributed by atoms with Crippen LogP contribution in [0.5, 0.6) is 0 Å². The molecule has 0 radical (unpaired) electrons. The SMILES string of the molecule is C.C.CC12CC3CC(CC(C3)C1)C2.CC12CC3CC(CC1C3)C2.CCC12CC3CC(CC(C)(C3)C1)C2.CCC12CC3CC(CC(C3)C1)C2.CCC1CC2CCC1C2. The van der Waals surface area contributed by atoms with Gasteiger partial charge < -0.3 is 0 Å². The predicted molar refractivity (Wildman–Crippen MR) is 247 cm³/mol. The van der Waals surface area contributed by atoms with Gasteiger partial charge in [0.25, 0.3) is 0 Å². The second-order valence-corrected chi connectivity index (χ2v) is 27.2. The Bertz CT molecular complexity index is 1250. The topological polar surface area (TPSA) is 0 Å². The summed E-state index contributed by atoms with van der Waals surface area (Å²) in [5.74, 6) is 16.0. The summed E-state index contributed by atoms with van der Waals surface area (Å²) in [4.78, 5) is 0. The van der Waals surface area contributed by atoms with Crippen molar-refractivity contribution in [1.29, 1.82) is 0 Å². The van der Waals surface area contributed by atoms with E-state index in [4.69, 9.17) is 0 Å². The van der Waals surface area contributed by atoms with Crippen molar-refractivity contribution >= 4 is 0 Å². The zero-order valence-electron chi connectivity index (χ0n) is 37.8. The summed E-state index contributed by atoms with van der Waals surface area (Å²) < 4.78 is 0. The molecule has 18 fully saturated rings.